The largest absolute Gasteiger partial charge is 0.355 e. The molecule has 2 aliphatic heterocycles. The first-order valence-corrected chi connectivity index (χ1v) is 12.7. The second-order valence-electron chi connectivity index (χ2n) is 8.68. The molecule has 5 rings (SSSR count). The summed E-state index contributed by atoms with van der Waals surface area (Å²) in [4.78, 5) is 26.9. The van der Waals surface area contributed by atoms with Crippen molar-refractivity contribution in [2.75, 3.05) is 43.0 Å². The summed E-state index contributed by atoms with van der Waals surface area (Å²) in [6.45, 7) is 3.87. The zero-order valence-electron chi connectivity index (χ0n) is 18.9. The van der Waals surface area contributed by atoms with Gasteiger partial charge in [0, 0.05) is 38.8 Å². The number of hydrogen-bond acceptors (Lipinski definition) is 6. The quantitative estimate of drug-likeness (QED) is 0.590. The van der Waals surface area contributed by atoms with Crippen molar-refractivity contribution in [1.82, 2.24) is 14.3 Å². The Labute approximate surface area is 193 Å². The minimum absolute atomic E-state index is 0.203. The highest BCUT2D eigenvalue weighted by Gasteiger charge is 2.32. The van der Waals surface area contributed by atoms with Crippen molar-refractivity contribution in [1.29, 1.82) is 0 Å². The molecular formula is C24H27N5O3S. The smallest absolute Gasteiger partial charge is 0.259 e. The van der Waals surface area contributed by atoms with E-state index in [0.29, 0.717) is 54.5 Å². The predicted molar refractivity (Wildman–Crippen MR) is 128 cm³/mol. The van der Waals surface area contributed by atoms with E-state index in [2.05, 4.69) is 0 Å². The maximum Gasteiger partial charge on any atom is 0.259 e. The van der Waals surface area contributed by atoms with E-state index in [9.17, 15) is 13.2 Å². The summed E-state index contributed by atoms with van der Waals surface area (Å²) in [6.07, 6.45) is 2.77. The standard InChI is InChI=1S/C24H27N5O3S/c1-17-10-11-18(16-21(17)33(31,32)28-12-6-3-7-13-28)24(30)29-15-14-27(2)22-23(29)26-20-9-5-4-8-19(20)25-22/h4-5,8-11,16H,3,6-7,12-15H2,1-2H3. The van der Waals surface area contributed by atoms with E-state index in [1.54, 1.807) is 24.0 Å². The molecule has 9 heteroatoms. The number of para-hydroxylation sites is 2. The van der Waals surface area contributed by atoms with Crippen LogP contribution in [0, 0.1) is 6.92 Å². The average molecular weight is 466 g/mol. The van der Waals surface area contributed by atoms with E-state index in [1.807, 2.05) is 36.2 Å². The summed E-state index contributed by atoms with van der Waals surface area (Å²) in [6, 6.07) is 12.5. The van der Waals surface area contributed by atoms with Crippen molar-refractivity contribution in [3.8, 4) is 0 Å². The number of piperidine rings is 1. The van der Waals surface area contributed by atoms with Gasteiger partial charge in [-0.15, -0.1) is 0 Å². The second-order valence-corrected chi connectivity index (χ2v) is 10.6. The highest BCUT2D eigenvalue weighted by atomic mass is 32.2. The highest BCUT2D eigenvalue weighted by molar-refractivity contribution is 7.89. The lowest BCUT2D eigenvalue weighted by Gasteiger charge is -2.34. The summed E-state index contributed by atoms with van der Waals surface area (Å²) < 4.78 is 28.2. The zero-order chi connectivity index (χ0) is 23.2. The highest BCUT2D eigenvalue weighted by Crippen LogP contribution is 2.32. The van der Waals surface area contributed by atoms with Crippen LogP contribution in [-0.4, -0.2) is 61.8 Å². The van der Waals surface area contributed by atoms with Gasteiger partial charge in [-0.1, -0.05) is 24.6 Å². The van der Waals surface area contributed by atoms with Gasteiger partial charge in [0.15, 0.2) is 11.6 Å². The average Bonchev–Trinajstić information content (AvgIpc) is 2.84. The molecule has 2 aliphatic rings. The Morgan fingerprint density at radius 2 is 1.55 bits per heavy atom. The van der Waals surface area contributed by atoms with E-state index in [0.717, 1.165) is 24.8 Å². The van der Waals surface area contributed by atoms with Gasteiger partial charge in [-0.25, -0.2) is 18.4 Å². The molecule has 2 aromatic carbocycles. The van der Waals surface area contributed by atoms with Crippen LogP contribution in [-0.2, 0) is 10.0 Å². The molecule has 0 aliphatic carbocycles. The van der Waals surface area contributed by atoms with Crippen molar-refractivity contribution >= 4 is 38.6 Å². The molecule has 33 heavy (non-hydrogen) atoms. The molecule has 1 amide bonds. The first kappa shape index (κ1) is 21.8. The number of hydrogen-bond donors (Lipinski definition) is 0. The molecule has 3 heterocycles. The van der Waals surface area contributed by atoms with Crippen LogP contribution in [0.1, 0.15) is 35.2 Å². The molecule has 0 spiro atoms. The zero-order valence-corrected chi connectivity index (χ0v) is 19.7. The summed E-state index contributed by atoms with van der Waals surface area (Å²) in [7, 11) is -1.72. The van der Waals surface area contributed by atoms with Gasteiger partial charge in [0.2, 0.25) is 10.0 Å². The maximum absolute atomic E-state index is 13.6. The Morgan fingerprint density at radius 3 is 2.24 bits per heavy atom. The Kier molecular flexibility index (Phi) is 5.54. The van der Waals surface area contributed by atoms with E-state index in [4.69, 9.17) is 9.97 Å². The first-order chi connectivity index (χ1) is 15.9. The number of nitrogens with zero attached hydrogens (tertiary/aromatic N) is 5. The first-order valence-electron chi connectivity index (χ1n) is 11.3. The van der Waals surface area contributed by atoms with Crippen LogP contribution < -0.4 is 9.80 Å². The lowest BCUT2D eigenvalue weighted by Crippen LogP contribution is -2.44. The molecule has 172 valence electrons. The van der Waals surface area contributed by atoms with Crippen LogP contribution in [0.2, 0.25) is 0 Å². The number of fused-ring (bicyclic) bond motifs is 2. The van der Waals surface area contributed by atoms with Crippen LogP contribution in [0.3, 0.4) is 0 Å². The third kappa shape index (κ3) is 3.85. The number of carbonyl (C=O) groups is 1. The van der Waals surface area contributed by atoms with E-state index in [1.165, 1.54) is 10.4 Å². The van der Waals surface area contributed by atoms with Crippen LogP contribution in [0.15, 0.2) is 47.4 Å². The summed E-state index contributed by atoms with van der Waals surface area (Å²) in [5.41, 5.74) is 2.45. The van der Waals surface area contributed by atoms with E-state index in [-0.39, 0.29) is 10.8 Å². The summed E-state index contributed by atoms with van der Waals surface area (Å²) >= 11 is 0. The SMILES string of the molecule is Cc1ccc(C(=O)N2CCN(C)c3nc4ccccc4nc32)cc1S(=O)(=O)N1CCCCC1. The van der Waals surface area contributed by atoms with Crippen molar-refractivity contribution < 1.29 is 13.2 Å². The van der Waals surface area contributed by atoms with Gasteiger partial charge in [0.05, 0.1) is 15.9 Å². The van der Waals surface area contributed by atoms with Gasteiger partial charge in [-0.3, -0.25) is 9.69 Å². The molecule has 1 saturated heterocycles. The van der Waals surface area contributed by atoms with Gasteiger partial charge in [0.1, 0.15) is 0 Å². The number of aromatic nitrogens is 2. The third-order valence-corrected chi connectivity index (χ3v) is 8.46. The van der Waals surface area contributed by atoms with E-state index < -0.39 is 10.0 Å². The molecule has 0 atom stereocenters. The third-order valence-electron chi connectivity index (χ3n) is 6.42. The van der Waals surface area contributed by atoms with Gasteiger partial charge in [0.25, 0.3) is 5.91 Å². The lowest BCUT2D eigenvalue weighted by molar-refractivity contribution is 0.0985. The molecule has 0 radical (unpaired) electrons. The molecule has 0 bridgehead atoms. The van der Waals surface area contributed by atoms with Gasteiger partial charge < -0.3 is 4.90 Å². The molecule has 1 fully saturated rings. The molecule has 0 saturated carbocycles. The maximum atomic E-state index is 13.6. The van der Waals surface area contributed by atoms with E-state index >= 15 is 0 Å². The number of sulfonamides is 1. The molecular weight excluding hydrogens is 438 g/mol. The molecule has 8 nitrogen and oxygen atoms in total. The topological polar surface area (TPSA) is 86.7 Å². The van der Waals surface area contributed by atoms with Gasteiger partial charge in [-0.05, 0) is 49.6 Å². The number of amides is 1. The van der Waals surface area contributed by atoms with Crippen molar-refractivity contribution in [2.45, 2.75) is 31.1 Å². The van der Waals surface area contributed by atoms with Crippen LogP contribution in [0.25, 0.3) is 11.0 Å². The fourth-order valence-corrected chi connectivity index (χ4v) is 6.26. The Balaban J connectivity index is 1.54. The summed E-state index contributed by atoms with van der Waals surface area (Å²) in [5, 5.41) is 0. The number of benzene rings is 2. The Morgan fingerprint density at radius 1 is 0.879 bits per heavy atom. The molecule has 0 N–H and O–H groups in total. The number of likely N-dealkylation sites (N-methyl/N-ethyl adjacent to an activating group) is 1. The van der Waals surface area contributed by atoms with Gasteiger partial charge >= 0.3 is 0 Å². The minimum atomic E-state index is -3.65. The Hall–Kier alpha value is -3.04. The number of carbonyl (C=O) groups excluding carboxylic acids is 1. The molecule has 3 aromatic rings. The fourth-order valence-electron chi connectivity index (χ4n) is 4.49. The van der Waals surface area contributed by atoms with Gasteiger partial charge in [-0.2, -0.15) is 4.31 Å². The minimum Gasteiger partial charge on any atom is -0.355 e. The molecule has 1 aromatic heterocycles. The second kappa shape index (κ2) is 8.39. The van der Waals surface area contributed by atoms with Crippen molar-refractivity contribution in [3.05, 3.63) is 53.6 Å². The predicted octanol–water partition coefficient (Wildman–Crippen LogP) is 3.21. The van der Waals surface area contributed by atoms with Crippen LogP contribution in [0.5, 0.6) is 0 Å². The number of anilines is 2. The lowest BCUT2D eigenvalue weighted by atomic mass is 10.1. The van der Waals surface area contributed by atoms with Crippen molar-refractivity contribution in [2.24, 2.45) is 0 Å². The number of aryl methyl sites for hydroxylation is 1. The Bertz CT molecular complexity index is 1340. The fraction of sp³-hybridized carbons (Fsp3) is 0.375. The van der Waals surface area contributed by atoms with Crippen LogP contribution in [0.4, 0.5) is 11.6 Å². The van der Waals surface area contributed by atoms with Crippen molar-refractivity contribution in [3.63, 3.8) is 0 Å². The molecule has 0 unspecified atom stereocenters. The summed E-state index contributed by atoms with van der Waals surface area (Å²) in [5.74, 6) is 0.860. The number of rotatable bonds is 3. The normalized spacial score (nSPS) is 17.3. The van der Waals surface area contributed by atoms with Crippen LogP contribution >= 0.6 is 0 Å². The monoisotopic (exact) mass is 465 g/mol.